The highest BCUT2D eigenvalue weighted by atomic mass is 16.5. The molecule has 0 fully saturated rings. The quantitative estimate of drug-likeness (QED) is 0.544. The van der Waals surface area contributed by atoms with Gasteiger partial charge in [-0.2, -0.15) is 0 Å². The van der Waals surface area contributed by atoms with Crippen molar-refractivity contribution in [3.63, 3.8) is 0 Å². The maximum absolute atomic E-state index is 11.7. The first kappa shape index (κ1) is 11.6. The fourth-order valence-electron chi connectivity index (χ4n) is 1.28. The molecular weight excluding hydrogens is 192 g/mol. The molecule has 3 nitrogen and oxygen atoms in total. The van der Waals surface area contributed by atoms with Gasteiger partial charge in [0.1, 0.15) is 0 Å². The summed E-state index contributed by atoms with van der Waals surface area (Å²) >= 11 is 0. The molecule has 80 valence electrons. The third-order valence-corrected chi connectivity index (χ3v) is 2.12. The van der Waals surface area contributed by atoms with Gasteiger partial charge in [-0.05, 0) is 0 Å². The van der Waals surface area contributed by atoms with Crippen LogP contribution in [-0.4, -0.2) is 25.3 Å². The lowest BCUT2D eigenvalue weighted by molar-refractivity contribution is -0.119. The fraction of sp³-hybridized carbons (Fsp3) is 0.333. The van der Waals surface area contributed by atoms with Crippen molar-refractivity contribution in [2.45, 2.75) is 6.92 Å². The van der Waals surface area contributed by atoms with E-state index < -0.39 is 11.6 Å². The lowest BCUT2D eigenvalue weighted by Crippen LogP contribution is -2.24. The monoisotopic (exact) mass is 206 g/mol. The average Bonchev–Trinajstić information content (AvgIpc) is 2.28. The largest absolute Gasteiger partial charge is 0.384 e. The van der Waals surface area contributed by atoms with Crippen LogP contribution in [-0.2, 0) is 9.53 Å². The summed E-state index contributed by atoms with van der Waals surface area (Å²) in [6.07, 6.45) is 0. The molecule has 0 amide bonds. The molecular formula is C12H14O3. The first-order valence-electron chi connectivity index (χ1n) is 4.79. The smallest absolute Gasteiger partial charge is 0.228 e. The van der Waals surface area contributed by atoms with Crippen LogP contribution in [0.1, 0.15) is 17.3 Å². The van der Waals surface area contributed by atoms with E-state index in [1.54, 1.807) is 37.3 Å². The Hall–Kier alpha value is -1.48. The minimum absolute atomic E-state index is 0.275. The Morgan fingerprint density at radius 1 is 1.27 bits per heavy atom. The second-order valence-corrected chi connectivity index (χ2v) is 3.42. The molecule has 15 heavy (non-hydrogen) atoms. The van der Waals surface area contributed by atoms with Crippen LogP contribution in [0.2, 0.25) is 0 Å². The van der Waals surface area contributed by atoms with Crippen molar-refractivity contribution in [2.24, 2.45) is 5.92 Å². The zero-order valence-corrected chi connectivity index (χ0v) is 8.90. The summed E-state index contributed by atoms with van der Waals surface area (Å²) in [5.41, 5.74) is 0.436. The second kappa shape index (κ2) is 5.41. The van der Waals surface area contributed by atoms with Crippen molar-refractivity contribution in [1.82, 2.24) is 0 Å². The third kappa shape index (κ3) is 2.99. The van der Waals surface area contributed by atoms with Crippen LogP contribution < -0.4 is 0 Å². The van der Waals surface area contributed by atoms with Gasteiger partial charge in [-0.15, -0.1) is 0 Å². The summed E-state index contributed by atoms with van der Waals surface area (Å²) in [4.78, 5) is 23.3. The van der Waals surface area contributed by atoms with Crippen LogP contribution >= 0.6 is 0 Å². The molecule has 1 aromatic carbocycles. The van der Waals surface area contributed by atoms with Gasteiger partial charge in [0.15, 0.2) is 0 Å². The zero-order valence-electron chi connectivity index (χ0n) is 8.90. The minimum Gasteiger partial charge on any atom is -0.384 e. The number of carbonyl (C=O) groups is 2. The molecule has 1 atom stereocenters. The molecule has 0 radical (unpaired) electrons. The van der Waals surface area contributed by atoms with Crippen molar-refractivity contribution in [3.8, 4) is 0 Å². The number of methoxy groups -OCH3 is 1. The lowest BCUT2D eigenvalue weighted by Gasteiger charge is -2.07. The molecule has 0 aliphatic rings. The molecule has 0 aromatic heterocycles. The molecule has 1 unspecified atom stereocenters. The molecule has 0 N–H and O–H groups in total. The third-order valence-electron chi connectivity index (χ3n) is 2.12. The number of carbonyl (C=O) groups excluding carboxylic acids is 2. The van der Waals surface area contributed by atoms with Gasteiger partial charge in [-0.1, -0.05) is 37.3 Å². The zero-order chi connectivity index (χ0) is 11.3. The molecule has 1 rings (SSSR count). The number of benzene rings is 1. The predicted octanol–water partition coefficient (Wildman–Crippen LogP) is 1.72. The lowest BCUT2D eigenvalue weighted by atomic mass is 9.99. The fourth-order valence-corrected chi connectivity index (χ4v) is 1.28. The standard InChI is InChI=1S/C12H14O3/c1-9(8-15-2)11(13)12(14)10-6-4-3-5-7-10/h3-7,9H,8H2,1-2H3. The Morgan fingerprint density at radius 2 is 1.87 bits per heavy atom. The minimum atomic E-state index is -0.444. The van der Waals surface area contributed by atoms with E-state index in [4.69, 9.17) is 4.74 Å². The molecule has 0 bridgehead atoms. The van der Waals surface area contributed by atoms with Gasteiger partial charge in [0.2, 0.25) is 11.6 Å². The highest BCUT2D eigenvalue weighted by Crippen LogP contribution is 2.06. The van der Waals surface area contributed by atoms with Gasteiger partial charge < -0.3 is 4.74 Å². The summed E-state index contributed by atoms with van der Waals surface area (Å²) in [6, 6.07) is 8.56. The molecule has 0 heterocycles. The van der Waals surface area contributed by atoms with Crippen LogP contribution in [0.4, 0.5) is 0 Å². The molecule has 0 saturated heterocycles. The van der Waals surface area contributed by atoms with Gasteiger partial charge in [0, 0.05) is 18.6 Å². The van der Waals surface area contributed by atoms with Crippen molar-refractivity contribution >= 4 is 11.6 Å². The maximum Gasteiger partial charge on any atom is 0.228 e. The SMILES string of the molecule is COCC(C)C(=O)C(=O)c1ccccc1. The summed E-state index contributed by atoms with van der Waals surface area (Å²) in [5.74, 6) is -1.23. The van der Waals surface area contributed by atoms with E-state index in [0.29, 0.717) is 5.56 Å². The Kier molecular flexibility index (Phi) is 4.18. The van der Waals surface area contributed by atoms with Crippen molar-refractivity contribution in [1.29, 1.82) is 0 Å². The van der Waals surface area contributed by atoms with Crippen LogP contribution in [0.15, 0.2) is 30.3 Å². The first-order valence-corrected chi connectivity index (χ1v) is 4.79. The van der Waals surface area contributed by atoms with E-state index in [-0.39, 0.29) is 12.5 Å². The number of Topliss-reactive ketones (excluding diaryl/α,β-unsaturated/α-hetero) is 2. The summed E-state index contributed by atoms with van der Waals surface area (Å²) in [6.45, 7) is 1.96. The van der Waals surface area contributed by atoms with Crippen LogP contribution in [0.25, 0.3) is 0 Å². The maximum atomic E-state index is 11.7. The average molecular weight is 206 g/mol. The highest BCUT2D eigenvalue weighted by Gasteiger charge is 2.21. The Morgan fingerprint density at radius 3 is 2.40 bits per heavy atom. The molecule has 0 aliphatic carbocycles. The highest BCUT2D eigenvalue weighted by molar-refractivity contribution is 6.44. The second-order valence-electron chi connectivity index (χ2n) is 3.42. The summed E-state index contributed by atoms with van der Waals surface area (Å²) < 4.78 is 4.84. The number of ether oxygens (including phenoxy) is 1. The molecule has 0 aliphatic heterocycles. The summed E-state index contributed by atoms with van der Waals surface area (Å²) in [5, 5.41) is 0. The van der Waals surface area contributed by atoms with E-state index in [2.05, 4.69) is 0 Å². The van der Waals surface area contributed by atoms with Crippen molar-refractivity contribution in [3.05, 3.63) is 35.9 Å². The molecule has 1 aromatic rings. The Bertz CT molecular complexity index is 343. The molecule has 3 heteroatoms. The van der Waals surface area contributed by atoms with E-state index in [9.17, 15) is 9.59 Å². The van der Waals surface area contributed by atoms with Gasteiger partial charge in [-0.25, -0.2) is 0 Å². The molecule has 0 saturated carbocycles. The van der Waals surface area contributed by atoms with E-state index in [1.807, 2.05) is 0 Å². The van der Waals surface area contributed by atoms with Gasteiger partial charge in [0.05, 0.1) is 6.61 Å². The van der Waals surface area contributed by atoms with Gasteiger partial charge in [-0.3, -0.25) is 9.59 Å². The Balaban J connectivity index is 2.73. The Labute approximate surface area is 89.1 Å². The van der Waals surface area contributed by atoms with E-state index in [1.165, 1.54) is 7.11 Å². The number of hydrogen-bond acceptors (Lipinski definition) is 3. The van der Waals surface area contributed by atoms with E-state index >= 15 is 0 Å². The normalized spacial score (nSPS) is 12.1. The summed E-state index contributed by atoms with van der Waals surface area (Å²) in [7, 11) is 1.51. The van der Waals surface area contributed by atoms with Crippen molar-refractivity contribution in [2.75, 3.05) is 13.7 Å². The molecule has 0 spiro atoms. The number of rotatable bonds is 5. The van der Waals surface area contributed by atoms with Crippen molar-refractivity contribution < 1.29 is 14.3 Å². The van der Waals surface area contributed by atoms with Crippen LogP contribution in [0, 0.1) is 5.92 Å². The van der Waals surface area contributed by atoms with Crippen LogP contribution in [0.5, 0.6) is 0 Å². The number of ketones is 2. The number of hydrogen-bond donors (Lipinski definition) is 0. The predicted molar refractivity (Wildman–Crippen MR) is 56.8 cm³/mol. The van der Waals surface area contributed by atoms with Crippen LogP contribution in [0.3, 0.4) is 0 Å². The topological polar surface area (TPSA) is 43.4 Å². The van der Waals surface area contributed by atoms with Gasteiger partial charge in [0.25, 0.3) is 0 Å². The van der Waals surface area contributed by atoms with Gasteiger partial charge >= 0.3 is 0 Å². The van der Waals surface area contributed by atoms with E-state index in [0.717, 1.165) is 0 Å². The first-order chi connectivity index (χ1) is 7.16.